The highest BCUT2D eigenvalue weighted by Gasteiger charge is 2.30. The summed E-state index contributed by atoms with van der Waals surface area (Å²) in [5, 5.41) is 13.7. The van der Waals surface area contributed by atoms with E-state index in [9.17, 15) is 23.3 Å². The van der Waals surface area contributed by atoms with Gasteiger partial charge in [0.05, 0.1) is 16.9 Å². The fourth-order valence-electron chi connectivity index (χ4n) is 2.06. The van der Waals surface area contributed by atoms with E-state index in [-0.39, 0.29) is 23.3 Å². The number of sulfonamides is 1. The zero-order chi connectivity index (χ0) is 18.7. The largest absolute Gasteiger partial charge is 0.352 e. The lowest BCUT2D eigenvalue weighted by molar-refractivity contribution is -0.384. The van der Waals surface area contributed by atoms with Crippen LogP contribution in [0.3, 0.4) is 0 Å². The summed E-state index contributed by atoms with van der Waals surface area (Å²) in [5.74, 6) is -0.279. The van der Waals surface area contributed by atoms with Gasteiger partial charge in [0.15, 0.2) is 0 Å². The van der Waals surface area contributed by atoms with Crippen molar-refractivity contribution in [3.63, 3.8) is 0 Å². The summed E-state index contributed by atoms with van der Waals surface area (Å²) in [6.45, 7) is 7.14. The number of benzene rings is 1. The van der Waals surface area contributed by atoms with Crippen molar-refractivity contribution < 1.29 is 18.1 Å². The first-order valence-corrected chi connectivity index (χ1v) is 9.34. The second kappa shape index (κ2) is 7.61. The highest BCUT2D eigenvalue weighted by Crippen LogP contribution is 2.25. The topological polar surface area (TPSA) is 110 Å². The smallest absolute Gasteiger partial charge is 0.271 e. The molecule has 0 aromatic heterocycles. The predicted molar refractivity (Wildman–Crippen MR) is 92.3 cm³/mol. The monoisotopic (exact) mass is 357 g/mol. The van der Waals surface area contributed by atoms with Crippen LogP contribution in [-0.2, 0) is 14.8 Å². The molecule has 0 radical (unpaired) electrons. The molecule has 134 valence electrons. The molecule has 1 amide bonds. The quantitative estimate of drug-likeness (QED) is 0.592. The molecule has 2 atom stereocenters. The van der Waals surface area contributed by atoms with Gasteiger partial charge in [0, 0.05) is 18.2 Å². The van der Waals surface area contributed by atoms with E-state index in [1.807, 2.05) is 20.8 Å². The fraction of sp³-hybridized carbons (Fsp3) is 0.533. The Morgan fingerprint density at radius 1 is 1.25 bits per heavy atom. The second-order valence-corrected chi connectivity index (χ2v) is 7.91. The lowest BCUT2D eigenvalue weighted by atomic mass is 10.1. The number of nitrogens with one attached hydrogen (secondary N) is 1. The van der Waals surface area contributed by atoms with Gasteiger partial charge >= 0.3 is 0 Å². The van der Waals surface area contributed by atoms with Gasteiger partial charge in [-0.1, -0.05) is 19.9 Å². The van der Waals surface area contributed by atoms with Gasteiger partial charge in [-0.3, -0.25) is 19.2 Å². The number of hydrogen-bond donors (Lipinski definition) is 1. The number of amides is 1. The van der Waals surface area contributed by atoms with Crippen molar-refractivity contribution in [3.05, 3.63) is 34.4 Å². The van der Waals surface area contributed by atoms with Crippen molar-refractivity contribution in [2.24, 2.45) is 5.92 Å². The van der Waals surface area contributed by atoms with Crippen LogP contribution in [0, 0.1) is 16.0 Å². The molecule has 0 saturated carbocycles. The maximum Gasteiger partial charge on any atom is 0.271 e. The SMILES string of the molecule is CC(C)C(C)NC(=O)C(C)N(c1cccc([N+](=O)[O-])c1)S(C)(=O)=O. The minimum absolute atomic E-state index is 0.0755. The molecule has 0 aliphatic rings. The molecule has 0 spiro atoms. The predicted octanol–water partition coefficient (Wildman–Crippen LogP) is 1.91. The van der Waals surface area contributed by atoms with Gasteiger partial charge in [0.2, 0.25) is 15.9 Å². The number of nitro benzene ring substituents is 1. The van der Waals surface area contributed by atoms with E-state index < -0.39 is 26.9 Å². The maximum absolute atomic E-state index is 12.4. The number of hydrogen-bond acceptors (Lipinski definition) is 5. The van der Waals surface area contributed by atoms with Crippen LogP contribution in [0.4, 0.5) is 11.4 Å². The summed E-state index contributed by atoms with van der Waals surface area (Å²) in [5.41, 5.74) is -0.171. The first-order chi connectivity index (χ1) is 10.9. The molecule has 0 saturated heterocycles. The number of nitrogens with zero attached hydrogens (tertiary/aromatic N) is 2. The molecule has 0 heterocycles. The van der Waals surface area contributed by atoms with Gasteiger partial charge in [0.25, 0.3) is 5.69 Å². The fourth-order valence-corrected chi connectivity index (χ4v) is 3.23. The molecule has 1 aromatic carbocycles. The Morgan fingerprint density at radius 2 is 1.83 bits per heavy atom. The average Bonchev–Trinajstić information content (AvgIpc) is 2.45. The van der Waals surface area contributed by atoms with Crippen LogP contribution in [-0.4, -0.2) is 37.6 Å². The Balaban J connectivity index is 3.21. The van der Waals surface area contributed by atoms with Crippen molar-refractivity contribution in [1.82, 2.24) is 5.32 Å². The standard InChI is InChI=1S/C15H23N3O5S/c1-10(2)11(3)16-15(19)12(4)17(24(5,22)23)13-7-6-8-14(9-13)18(20)21/h6-12H,1-5H3,(H,16,19). The molecule has 1 aromatic rings. The number of carbonyl (C=O) groups excluding carboxylic acids is 1. The summed E-state index contributed by atoms with van der Waals surface area (Å²) in [6, 6.07) is 4.03. The molecule has 0 aliphatic carbocycles. The number of anilines is 1. The van der Waals surface area contributed by atoms with Gasteiger partial charge in [-0.25, -0.2) is 8.42 Å². The highest BCUT2D eigenvalue weighted by atomic mass is 32.2. The highest BCUT2D eigenvalue weighted by molar-refractivity contribution is 7.92. The Hall–Kier alpha value is -2.16. The number of carbonyl (C=O) groups is 1. The van der Waals surface area contributed by atoms with E-state index in [0.29, 0.717) is 0 Å². The summed E-state index contributed by atoms with van der Waals surface area (Å²) in [7, 11) is -3.81. The lowest BCUT2D eigenvalue weighted by Gasteiger charge is -2.29. The molecule has 0 aliphatic heterocycles. The van der Waals surface area contributed by atoms with Crippen molar-refractivity contribution in [3.8, 4) is 0 Å². The van der Waals surface area contributed by atoms with Crippen molar-refractivity contribution in [1.29, 1.82) is 0 Å². The van der Waals surface area contributed by atoms with Gasteiger partial charge in [-0.15, -0.1) is 0 Å². The summed E-state index contributed by atoms with van der Waals surface area (Å²) in [4.78, 5) is 22.7. The Labute approximate surface area is 142 Å². The van der Waals surface area contributed by atoms with Gasteiger partial charge in [0.1, 0.15) is 6.04 Å². The van der Waals surface area contributed by atoms with Crippen LogP contribution >= 0.6 is 0 Å². The normalized spacial score (nSPS) is 14.1. The molecule has 9 heteroatoms. The van der Waals surface area contributed by atoms with E-state index >= 15 is 0 Å². The summed E-state index contributed by atoms with van der Waals surface area (Å²) >= 11 is 0. The van der Waals surface area contributed by atoms with E-state index in [4.69, 9.17) is 0 Å². The zero-order valence-electron chi connectivity index (χ0n) is 14.4. The third kappa shape index (κ3) is 4.92. The van der Waals surface area contributed by atoms with Crippen molar-refractivity contribution >= 4 is 27.3 Å². The first-order valence-electron chi connectivity index (χ1n) is 7.49. The van der Waals surface area contributed by atoms with Crippen LogP contribution in [0.5, 0.6) is 0 Å². The first kappa shape index (κ1) is 19.9. The number of rotatable bonds is 7. The Kier molecular flexibility index (Phi) is 6.30. The lowest BCUT2D eigenvalue weighted by Crippen LogP contribution is -2.50. The number of non-ortho nitro benzene ring substituents is 1. The number of nitro groups is 1. The molecule has 1 rings (SSSR count). The van der Waals surface area contributed by atoms with Gasteiger partial charge in [-0.05, 0) is 25.8 Å². The van der Waals surface area contributed by atoms with Crippen LogP contribution in [0.2, 0.25) is 0 Å². The van der Waals surface area contributed by atoms with E-state index in [2.05, 4.69) is 5.32 Å². The van der Waals surface area contributed by atoms with E-state index in [0.717, 1.165) is 16.6 Å². The minimum atomic E-state index is -3.81. The van der Waals surface area contributed by atoms with E-state index in [1.54, 1.807) is 0 Å². The molecule has 0 bridgehead atoms. The van der Waals surface area contributed by atoms with Crippen LogP contribution < -0.4 is 9.62 Å². The molecule has 0 fully saturated rings. The molecule has 1 N–H and O–H groups in total. The second-order valence-electron chi connectivity index (χ2n) is 6.05. The molecule has 24 heavy (non-hydrogen) atoms. The third-order valence-corrected chi connectivity index (χ3v) is 5.00. The molecular formula is C15H23N3O5S. The Morgan fingerprint density at radius 3 is 2.29 bits per heavy atom. The molecule has 2 unspecified atom stereocenters. The van der Waals surface area contributed by atoms with Crippen LogP contribution in [0.25, 0.3) is 0 Å². The van der Waals surface area contributed by atoms with Crippen molar-refractivity contribution in [2.75, 3.05) is 10.6 Å². The minimum Gasteiger partial charge on any atom is -0.352 e. The maximum atomic E-state index is 12.4. The summed E-state index contributed by atoms with van der Waals surface area (Å²) in [6.07, 6.45) is 0.960. The third-order valence-electron chi connectivity index (χ3n) is 3.75. The summed E-state index contributed by atoms with van der Waals surface area (Å²) < 4.78 is 25.2. The van der Waals surface area contributed by atoms with Crippen LogP contribution in [0.15, 0.2) is 24.3 Å². The van der Waals surface area contributed by atoms with Crippen molar-refractivity contribution in [2.45, 2.75) is 39.8 Å². The molecular weight excluding hydrogens is 334 g/mol. The molecule has 8 nitrogen and oxygen atoms in total. The average molecular weight is 357 g/mol. The zero-order valence-corrected chi connectivity index (χ0v) is 15.2. The van der Waals surface area contributed by atoms with Gasteiger partial charge < -0.3 is 5.32 Å². The van der Waals surface area contributed by atoms with E-state index in [1.165, 1.54) is 25.1 Å². The van der Waals surface area contributed by atoms with Crippen LogP contribution in [0.1, 0.15) is 27.7 Å². The Bertz CT molecular complexity index is 718. The van der Waals surface area contributed by atoms with Gasteiger partial charge in [-0.2, -0.15) is 0 Å².